The van der Waals surface area contributed by atoms with Gasteiger partial charge in [-0.2, -0.15) is 0 Å². The molecule has 33 heavy (non-hydrogen) atoms. The topological polar surface area (TPSA) is 26.3 Å². The summed E-state index contributed by atoms with van der Waals surface area (Å²) in [6.07, 6.45) is 12.3. The Morgan fingerprint density at radius 2 is 1.67 bits per heavy atom. The van der Waals surface area contributed by atoms with Gasteiger partial charge in [-0.25, -0.2) is 18.0 Å². The Labute approximate surface area is 194 Å². The van der Waals surface area contributed by atoms with Crippen LogP contribution in [0.5, 0.6) is 5.75 Å². The Morgan fingerprint density at radius 1 is 0.879 bits per heavy atom. The molecule has 2 saturated carbocycles. The van der Waals surface area contributed by atoms with E-state index in [1.54, 1.807) is 12.1 Å². The summed E-state index contributed by atoms with van der Waals surface area (Å²) in [7, 11) is 0. The Morgan fingerprint density at radius 3 is 2.42 bits per heavy atom. The largest absolute Gasteiger partial charge is 0.423 e. The molecule has 2 nitrogen and oxygen atoms in total. The molecule has 0 N–H and O–H groups in total. The molecule has 0 amide bonds. The molecule has 2 aromatic rings. The molecule has 0 aromatic heterocycles. The number of unbranched alkanes of at least 4 members (excludes halogenated alkanes) is 2. The Hall–Kier alpha value is -2.30. The number of hydrogen-bond donors (Lipinski definition) is 0. The second-order valence-electron chi connectivity index (χ2n) is 9.91. The van der Waals surface area contributed by atoms with Gasteiger partial charge in [0.05, 0.1) is 5.56 Å². The molecule has 0 spiro atoms. The minimum Gasteiger partial charge on any atom is -0.423 e. The molecule has 0 saturated heterocycles. The van der Waals surface area contributed by atoms with Crippen LogP contribution < -0.4 is 4.74 Å². The lowest BCUT2D eigenvalue weighted by molar-refractivity contribution is 0.0733. The molecule has 5 heteroatoms. The van der Waals surface area contributed by atoms with Crippen molar-refractivity contribution in [1.82, 2.24) is 0 Å². The highest BCUT2D eigenvalue weighted by Crippen LogP contribution is 2.48. The zero-order chi connectivity index (χ0) is 23.4. The number of carbonyl (C=O) groups is 1. The predicted molar refractivity (Wildman–Crippen MR) is 123 cm³/mol. The zero-order valence-corrected chi connectivity index (χ0v) is 19.3. The van der Waals surface area contributed by atoms with Crippen molar-refractivity contribution in [2.75, 3.05) is 0 Å². The van der Waals surface area contributed by atoms with E-state index in [1.807, 2.05) is 0 Å². The molecule has 178 valence electrons. The van der Waals surface area contributed by atoms with Crippen molar-refractivity contribution in [3.63, 3.8) is 0 Å². The molecule has 2 aliphatic rings. The van der Waals surface area contributed by atoms with Crippen LogP contribution in [0.1, 0.15) is 93.0 Å². The summed E-state index contributed by atoms with van der Waals surface area (Å²) < 4.78 is 46.5. The molecule has 0 radical (unpaired) electrons. The number of halogens is 3. The summed E-state index contributed by atoms with van der Waals surface area (Å²) in [5.41, 5.74) is 0.727. The van der Waals surface area contributed by atoms with Gasteiger partial charge in [0.1, 0.15) is 11.6 Å². The lowest BCUT2D eigenvalue weighted by atomic mass is 9.63. The minimum absolute atomic E-state index is 0.0576. The van der Waals surface area contributed by atoms with E-state index in [-0.39, 0.29) is 17.2 Å². The fraction of sp³-hybridized carbons (Fsp3) is 0.536. The number of fused-ring (bicyclic) bond motifs is 1. The van der Waals surface area contributed by atoms with Gasteiger partial charge in [-0.3, -0.25) is 0 Å². The van der Waals surface area contributed by atoms with E-state index in [2.05, 4.69) is 6.92 Å². The summed E-state index contributed by atoms with van der Waals surface area (Å²) in [6.45, 7) is 2.25. The highest BCUT2D eigenvalue weighted by atomic mass is 19.2. The molecule has 2 fully saturated rings. The number of rotatable bonds is 7. The molecule has 4 atom stereocenters. The number of esters is 1. The highest BCUT2D eigenvalue weighted by molar-refractivity contribution is 5.91. The first-order chi connectivity index (χ1) is 15.9. The lowest BCUT2D eigenvalue weighted by Gasteiger charge is -2.42. The van der Waals surface area contributed by atoms with Crippen molar-refractivity contribution in [3.05, 3.63) is 65.0 Å². The van der Waals surface area contributed by atoms with Gasteiger partial charge in [-0.15, -0.1) is 0 Å². The van der Waals surface area contributed by atoms with E-state index in [4.69, 9.17) is 4.74 Å². The molecule has 4 unspecified atom stereocenters. The predicted octanol–water partition coefficient (Wildman–Crippen LogP) is 8.20. The summed E-state index contributed by atoms with van der Waals surface area (Å²) in [5, 5.41) is 0. The number of hydrogen-bond acceptors (Lipinski definition) is 2. The van der Waals surface area contributed by atoms with Crippen molar-refractivity contribution in [2.45, 2.75) is 77.0 Å². The third-order valence-corrected chi connectivity index (χ3v) is 7.72. The van der Waals surface area contributed by atoms with Gasteiger partial charge in [0.2, 0.25) is 0 Å². The zero-order valence-electron chi connectivity index (χ0n) is 19.3. The fourth-order valence-electron chi connectivity index (χ4n) is 5.91. The molecular weight excluding hydrogens is 425 g/mol. The van der Waals surface area contributed by atoms with E-state index in [0.29, 0.717) is 11.5 Å². The highest BCUT2D eigenvalue weighted by Gasteiger charge is 2.36. The smallest absolute Gasteiger partial charge is 0.343 e. The summed E-state index contributed by atoms with van der Waals surface area (Å²) in [6, 6.07) is 7.31. The number of ether oxygens (including phenoxy) is 1. The second-order valence-corrected chi connectivity index (χ2v) is 9.91. The van der Waals surface area contributed by atoms with E-state index in [9.17, 15) is 18.0 Å². The van der Waals surface area contributed by atoms with Gasteiger partial charge in [0.15, 0.2) is 11.6 Å². The Bertz CT molecular complexity index is 974. The van der Waals surface area contributed by atoms with Gasteiger partial charge in [0, 0.05) is 6.07 Å². The standard InChI is InChI=1S/C28H33F3O2/c1-2-3-4-5-18-6-7-20-15-21(9-8-19(20)14-18)24-12-10-22(16-26(24)30)28(32)33-23-11-13-25(29)27(31)17-23/h10-13,16-21H,2-9,14-15H2,1H3. The van der Waals surface area contributed by atoms with Crippen LogP contribution in [0, 0.1) is 35.2 Å². The van der Waals surface area contributed by atoms with Crippen LogP contribution in [0.2, 0.25) is 0 Å². The van der Waals surface area contributed by atoms with Gasteiger partial charge >= 0.3 is 5.97 Å². The first kappa shape index (κ1) is 23.8. The van der Waals surface area contributed by atoms with Crippen LogP contribution in [0.15, 0.2) is 36.4 Å². The summed E-state index contributed by atoms with van der Waals surface area (Å²) in [5.74, 6) is -0.948. The maximum absolute atomic E-state index is 15.0. The van der Waals surface area contributed by atoms with Crippen molar-refractivity contribution >= 4 is 5.97 Å². The van der Waals surface area contributed by atoms with Crippen LogP contribution in [0.25, 0.3) is 0 Å². The summed E-state index contributed by atoms with van der Waals surface area (Å²) >= 11 is 0. The maximum Gasteiger partial charge on any atom is 0.343 e. The van der Waals surface area contributed by atoms with Crippen LogP contribution >= 0.6 is 0 Å². The first-order valence-electron chi connectivity index (χ1n) is 12.4. The van der Waals surface area contributed by atoms with Crippen LogP contribution in [-0.2, 0) is 0 Å². The second kappa shape index (κ2) is 10.8. The molecule has 0 bridgehead atoms. The molecule has 0 aliphatic heterocycles. The molecular formula is C28H33F3O2. The van der Waals surface area contributed by atoms with Crippen molar-refractivity contribution in [1.29, 1.82) is 0 Å². The van der Waals surface area contributed by atoms with Crippen molar-refractivity contribution in [3.8, 4) is 5.75 Å². The first-order valence-corrected chi connectivity index (χ1v) is 12.4. The van der Waals surface area contributed by atoms with Crippen LogP contribution in [-0.4, -0.2) is 5.97 Å². The van der Waals surface area contributed by atoms with Crippen LogP contribution in [0.4, 0.5) is 13.2 Å². The number of benzene rings is 2. The molecule has 2 aliphatic carbocycles. The Kier molecular flexibility index (Phi) is 7.77. The molecule has 0 heterocycles. The summed E-state index contributed by atoms with van der Waals surface area (Å²) in [4.78, 5) is 12.4. The molecule has 2 aromatic carbocycles. The van der Waals surface area contributed by atoms with Crippen molar-refractivity contribution in [2.24, 2.45) is 17.8 Å². The van der Waals surface area contributed by atoms with Gasteiger partial charge in [-0.05, 0) is 85.6 Å². The maximum atomic E-state index is 15.0. The van der Waals surface area contributed by atoms with E-state index >= 15 is 0 Å². The van der Waals surface area contributed by atoms with E-state index in [0.717, 1.165) is 49.3 Å². The fourth-order valence-corrected chi connectivity index (χ4v) is 5.91. The normalized spacial score (nSPS) is 24.8. The van der Waals surface area contributed by atoms with E-state index < -0.39 is 23.4 Å². The van der Waals surface area contributed by atoms with Crippen molar-refractivity contribution < 1.29 is 22.7 Å². The number of carbonyl (C=O) groups excluding carboxylic acids is 1. The van der Waals surface area contributed by atoms with Gasteiger partial charge < -0.3 is 4.74 Å². The molecule has 4 rings (SSSR count). The van der Waals surface area contributed by atoms with Gasteiger partial charge in [-0.1, -0.05) is 45.1 Å². The monoisotopic (exact) mass is 458 g/mol. The quantitative estimate of drug-likeness (QED) is 0.237. The average Bonchev–Trinajstić information content (AvgIpc) is 2.81. The van der Waals surface area contributed by atoms with Gasteiger partial charge in [0.25, 0.3) is 0 Å². The average molecular weight is 459 g/mol. The lowest BCUT2D eigenvalue weighted by Crippen LogP contribution is -2.30. The van der Waals surface area contributed by atoms with E-state index in [1.165, 1.54) is 51.0 Å². The van der Waals surface area contributed by atoms with Crippen LogP contribution in [0.3, 0.4) is 0 Å². The minimum atomic E-state index is -1.10. The SMILES string of the molecule is CCCCCC1CCC2CC(c3ccc(C(=O)Oc4ccc(F)c(F)c4)cc3F)CCC2C1. The Balaban J connectivity index is 1.36. The third kappa shape index (κ3) is 5.80. The third-order valence-electron chi connectivity index (χ3n) is 7.72.